The topological polar surface area (TPSA) is 81.7 Å². The van der Waals surface area contributed by atoms with Gasteiger partial charge in [-0.05, 0) is 25.5 Å². The molecule has 1 aromatic carbocycles. The monoisotopic (exact) mass is 345 g/mol. The van der Waals surface area contributed by atoms with Gasteiger partial charge in [-0.2, -0.15) is 0 Å². The number of carbonyl (C=O) groups excluding carboxylic acids is 1. The van der Waals surface area contributed by atoms with Crippen molar-refractivity contribution in [3.63, 3.8) is 0 Å². The van der Waals surface area contributed by atoms with Crippen LogP contribution < -0.4 is 14.8 Å². The fraction of sp³-hybridized carbons (Fsp3) is 0.500. The van der Waals surface area contributed by atoms with Gasteiger partial charge in [-0.3, -0.25) is 4.79 Å². The van der Waals surface area contributed by atoms with E-state index in [-0.39, 0.29) is 17.4 Å². The Morgan fingerprint density at radius 3 is 2.73 bits per heavy atom. The molecule has 22 heavy (non-hydrogen) atoms. The van der Waals surface area contributed by atoms with Gasteiger partial charge >= 0.3 is 0 Å². The van der Waals surface area contributed by atoms with Crippen LogP contribution in [0.25, 0.3) is 0 Å². The minimum Gasteiger partial charge on any atom is -0.486 e. The molecule has 2 aliphatic heterocycles. The molecule has 0 radical (unpaired) electrons. The fourth-order valence-corrected chi connectivity index (χ4v) is 5.06. The number of sulfone groups is 1. The predicted octanol–water partition coefficient (Wildman–Crippen LogP) is 1.42. The molecule has 1 aromatic rings. The molecular weight excluding hydrogens is 330 g/mol. The molecule has 1 unspecified atom stereocenters. The quantitative estimate of drug-likeness (QED) is 0.876. The number of nitrogens with one attached hydrogen (secondary N) is 1. The first kappa shape index (κ1) is 15.4. The van der Waals surface area contributed by atoms with E-state index >= 15 is 0 Å². The molecule has 3 rings (SSSR count). The largest absolute Gasteiger partial charge is 0.486 e. The molecule has 1 N–H and O–H groups in total. The van der Waals surface area contributed by atoms with Crippen molar-refractivity contribution < 1.29 is 22.7 Å². The first-order valence-corrected chi connectivity index (χ1v) is 9.10. The highest BCUT2D eigenvalue weighted by Crippen LogP contribution is 2.38. The van der Waals surface area contributed by atoms with Gasteiger partial charge in [0.25, 0.3) is 5.91 Å². The van der Waals surface area contributed by atoms with Gasteiger partial charge in [0.05, 0.1) is 22.1 Å². The fourth-order valence-electron chi connectivity index (χ4n) is 2.70. The molecule has 6 nitrogen and oxygen atoms in total. The van der Waals surface area contributed by atoms with Gasteiger partial charge in [0.2, 0.25) is 0 Å². The minimum absolute atomic E-state index is 0.0516. The van der Waals surface area contributed by atoms with Gasteiger partial charge in [-0.25, -0.2) is 8.42 Å². The van der Waals surface area contributed by atoms with Crippen LogP contribution in [0.1, 0.15) is 23.7 Å². The number of halogens is 1. The molecule has 120 valence electrons. The van der Waals surface area contributed by atoms with Crippen molar-refractivity contribution in [2.45, 2.75) is 18.9 Å². The standard InChI is InChI=1S/C14H16ClNO5S/c1-14(2-5-22(18,19)8-14)16-13(17)9-6-10(15)12-11(7-9)20-3-4-21-12/h6-7H,2-5,8H2,1H3,(H,16,17). The summed E-state index contributed by atoms with van der Waals surface area (Å²) >= 11 is 6.11. The number of carbonyl (C=O) groups is 1. The number of hydrogen-bond donors (Lipinski definition) is 1. The summed E-state index contributed by atoms with van der Waals surface area (Å²) in [6, 6.07) is 3.06. The molecule has 1 atom stereocenters. The van der Waals surface area contributed by atoms with Gasteiger partial charge in [0, 0.05) is 5.56 Å². The molecule has 0 spiro atoms. The van der Waals surface area contributed by atoms with E-state index in [1.54, 1.807) is 13.0 Å². The lowest BCUT2D eigenvalue weighted by Gasteiger charge is -2.25. The molecule has 8 heteroatoms. The molecule has 2 aliphatic rings. The molecule has 0 bridgehead atoms. The summed E-state index contributed by atoms with van der Waals surface area (Å²) in [6.45, 7) is 2.54. The summed E-state index contributed by atoms with van der Waals surface area (Å²) in [4.78, 5) is 12.4. The van der Waals surface area contributed by atoms with Crippen molar-refractivity contribution in [1.82, 2.24) is 5.32 Å². The summed E-state index contributed by atoms with van der Waals surface area (Å²) in [5, 5.41) is 3.09. The third kappa shape index (κ3) is 3.01. The van der Waals surface area contributed by atoms with Crippen molar-refractivity contribution in [3.05, 3.63) is 22.7 Å². The smallest absolute Gasteiger partial charge is 0.251 e. The van der Waals surface area contributed by atoms with Crippen LogP contribution in [0.3, 0.4) is 0 Å². The van der Waals surface area contributed by atoms with Crippen LogP contribution in [0.5, 0.6) is 11.5 Å². The van der Waals surface area contributed by atoms with Crippen LogP contribution in [-0.2, 0) is 9.84 Å². The lowest BCUT2D eigenvalue weighted by molar-refractivity contribution is 0.0914. The number of ether oxygens (including phenoxy) is 2. The zero-order valence-corrected chi connectivity index (χ0v) is 13.6. The van der Waals surface area contributed by atoms with Gasteiger partial charge in [-0.15, -0.1) is 0 Å². The Labute approximate surface area is 133 Å². The normalized spacial score (nSPS) is 25.7. The third-order valence-electron chi connectivity index (χ3n) is 3.78. The van der Waals surface area contributed by atoms with Gasteiger partial charge in [-0.1, -0.05) is 11.6 Å². The second kappa shape index (κ2) is 5.31. The maximum Gasteiger partial charge on any atom is 0.251 e. The summed E-state index contributed by atoms with van der Waals surface area (Å²) < 4.78 is 34.0. The molecule has 0 saturated carbocycles. The van der Waals surface area contributed by atoms with Crippen LogP contribution in [0.2, 0.25) is 5.02 Å². The molecule has 0 aliphatic carbocycles. The van der Waals surface area contributed by atoms with Crippen molar-refractivity contribution in [2.24, 2.45) is 0 Å². The summed E-state index contributed by atoms with van der Waals surface area (Å²) in [6.07, 6.45) is 0.402. The molecule has 0 aromatic heterocycles. The highest BCUT2D eigenvalue weighted by Gasteiger charge is 2.39. The van der Waals surface area contributed by atoms with E-state index in [4.69, 9.17) is 21.1 Å². The molecular formula is C14H16ClNO5S. The van der Waals surface area contributed by atoms with Crippen LogP contribution in [0.15, 0.2) is 12.1 Å². The predicted molar refractivity (Wildman–Crippen MR) is 81.6 cm³/mol. The molecule has 2 heterocycles. The second-order valence-electron chi connectivity index (χ2n) is 5.84. The Bertz CT molecular complexity index is 733. The highest BCUT2D eigenvalue weighted by atomic mass is 35.5. The van der Waals surface area contributed by atoms with E-state index in [0.717, 1.165) is 0 Å². The van der Waals surface area contributed by atoms with E-state index in [2.05, 4.69) is 5.32 Å². The first-order chi connectivity index (χ1) is 10.3. The number of rotatable bonds is 2. The molecule has 1 saturated heterocycles. The van der Waals surface area contributed by atoms with Gasteiger partial charge in [0.15, 0.2) is 21.3 Å². The number of amides is 1. The van der Waals surface area contributed by atoms with Gasteiger partial charge < -0.3 is 14.8 Å². The van der Waals surface area contributed by atoms with Crippen molar-refractivity contribution in [1.29, 1.82) is 0 Å². The average molecular weight is 346 g/mol. The van der Waals surface area contributed by atoms with E-state index in [1.807, 2.05) is 0 Å². The first-order valence-electron chi connectivity index (χ1n) is 6.90. The van der Waals surface area contributed by atoms with Crippen LogP contribution in [0, 0.1) is 0 Å². The van der Waals surface area contributed by atoms with Crippen LogP contribution in [-0.4, -0.2) is 44.6 Å². The second-order valence-corrected chi connectivity index (χ2v) is 8.43. The van der Waals surface area contributed by atoms with Crippen LogP contribution >= 0.6 is 11.6 Å². The van der Waals surface area contributed by atoms with Gasteiger partial charge in [0.1, 0.15) is 13.2 Å². The number of hydrogen-bond acceptors (Lipinski definition) is 5. The van der Waals surface area contributed by atoms with E-state index in [9.17, 15) is 13.2 Å². The Hall–Kier alpha value is -1.47. The molecule has 1 fully saturated rings. The van der Waals surface area contributed by atoms with Crippen molar-refractivity contribution >= 4 is 27.3 Å². The Kier molecular flexibility index (Phi) is 3.72. The summed E-state index contributed by atoms with van der Waals surface area (Å²) in [5.41, 5.74) is -0.435. The zero-order chi connectivity index (χ0) is 16.0. The Morgan fingerprint density at radius 2 is 2.05 bits per heavy atom. The summed E-state index contributed by atoms with van der Waals surface area (Å²) in [7, 11) is -3.09. The lowest BCUT2D eigenvalue weighted by Crippen LogP contribution is -2.46. The number of benzene rings is 1. The Morgan fingerprint density at radius 1 is 1.32 bits per heavy atom. The van der Waals surface area contributed by atoms with Crippen LogP contribution in [0.4, 0.5) is 0 Å². The van der Waals surface area contributed by atoms with E-state index in [0.29, 0.717) is 41.7 Å². The van der Waals surface area contributed by atoms with Crippen molar-refractivity contribution in [3.8, 4) is 11.5 Å². The highest BCUT2D eigenvalue weighted by molar-refractivity contribution is 7.91. The molecule has 1 amide bonds. The maximum atomic E-state index is 12.4. The lowest BCUT2D eigenvalue weighted by atomic mass is 10.0. The zero-order valence-electron chi connectivity index (χ0n) is 12.0. The number of fused-ring (bicyclic) bond motifs is 1. The van der Waals surface area contributed by atoms with E-state index < -0.39 is 15.4 Å². The minimum atomic E-state index is -3.09. The van der Waals surface area contributed by atoms with Crippen molar-refractivity contribution in [2.75, 3.05) is 24.7 Å². The SMILES string of the molecule is CC1(NC(=O)c2cc(Cl)c3c(c2)OCCO3)CCS(=O)(=O)C1. The van der Waals surface area contributed by atoms with E-state index in [1.165, 1.54) is 6.07 Å². The maximum absolute atomic E-state index is 12.4. The third-order valence-corrected chi connectivity index (χ3v) is 5.96. The average Bonchev–Trinajstić information content (AvgIpc) is 2.72. The Balaban J connectivity index is 1.83. The summed E-state index contributed by atoms with van der Waals surface area (Å²) in [5.74, 6) is 0.515.